The number of nitrogens with one attached hydrogen (secondary N) is 1. The molecule has 1 saturated heterocycles. The number of carbonyl (C=O) groups is 1. The number of hydrogen-bond donors (Lipinski definition) is 1. The van der Waals surface area contributed by atoms with Gasteiger partial charge in [0.1, 0.15) is 0 Å². The van der Waals surface area contributed by atoms with Gasteiger partial charge in [0.25, 0.3) is 0 Å². The molecule has 1 heterocycles. The largest absolute Gasteiger partial charge is 0.325 e. The third-order valence-corrected chi connectivity index (χ3v) is 3.60. The van der Waals surface area contributed by atoms with E-state index in [4.69, 9.17) is 0 Å². The highest BCUT2D eigenvalue weighted by Gasteiger charge is 2.15. The Hall–Kier alpha value is -1.39. The van der Waals surface area contributed by atoms with Gasteiger partial charge in [-0.3, -0.25) is 9.69 Å². The van der Waals surface area contributed by atoms with Gasteiger partial charge < -0.3 is 10.2 Å². The molecule has 0 aliphatic carbocycles. The maximum Gasteiger partial charge on any atom is 0.238 e. The summed E-state index contributed by atoms with van der Waals surface area (Å²) in [5.74, 6) is 0.0823. The Balaban J connectivity index is 1.86. The molecular formula is C15H23N3O. The average Bonchev–Trinajstić information content (AvgIpc) is 2.57. The predicted octanol–water partition coefficient (Wildman–Crippen LogP) is 1.57. The molecule has 4 nitrogen and oxygen atoms in total. The van der Waals surface area contributed by atoms with Crippen molar-refractivity contribution in [3.8, 4) is 0 Å². The van der Waals surface area contributed by atoms with Crippen LogP contribution < -0.4 is 5.32 Å². The fourth-order valence-corrected chi connectivity index (χ4v) is 2.36. The van der Waals surface area contributed by atoms with Crippen LogP contribution in [-0.2, 0) is 4.79 Å². The van der Waals surface area contributed by atoms with Crippen molar-refractivity contribution < 1.29 is 4.79 Å². The summed E-state index contributed by atoms with van der Waals surface area (Å²) < 4.78 is 0. The van der Waals surface area contributed by atoms with Gasteiger partial charge in [-0.1, -0.05) is 18.2 Å². The van der Waals surface area contributed by atoms with Crippen molar-refractivity contribution in [3.63, 3.8) is 0 Å². The molecule has 0 saturated carbocycles. The summed E-state index contributed by atoms with van der Waals surface area (Å²) in [7, 11) is 2.14. The smallest absolute Gasteiger partial charge is 0.238 e. The first kappa shape index (κ1) is 14.0. The Kier molecular flexibility index (Phi) is 4.93. The second kappa shape index (κ2) is 6.68. The minimum absolute atomic E-state index is 0.0823. The topological polar surface area (TPSA) is 35.6 Å². The molecule has 0 bridgehead atoms. The third-order valence-electron chi connectivity index (χ3n) is 3.60. The minimum Gasteiger partial charge on any atom is -0.325 e. The number of aryl methyl sites for hydroxylation is 1. The summed E-state index contributed by atoms with van der Waals surface area (Å²) in [6.07, 6.45) is 1.13. The van der Waals surface area contributed by atoms with Gasteiger partial charge in [-0.2, -0.15) is 0 Å². The van der Waals surface area contributed by atoms with Gasteiger partial charge in [0.2, 0.25) is 5.91 Å². The van der Waals surface area contributed by atoms with Crippen LogP contribution in [0.4, 0.5) is 5.69 Å². The third kappa shape index (κ3) is 4.33. The zero-order chi connectivity index (χ0) is 13.7. The number of benzene rings is 1. The van der Waals surface area contributed by atoms with Gasteiger partial charge in [-0.25, -0.2) is 0 Å². The molecule has 0 radical (unpaired) electrons. The Morgan fingerprint density at radius 3 is 2.79 bits per heavy atom. The molecule has 0 spiro atoms. The van der Waals surface area contributed by atoms with Crippen molar-refractivity contribution in [1.82, 2.24) is 9.80 Å². The first-order valence-corrected chi connectivity index (χ1v) is 6.91. The highest BCUT2D eigenvalue weighted by Crippen LogP contribution is 2.13. The van der Waals surface area contributed by atoms with Gasteiger partial charge in [0.05, 0.1) is 6.54 Å². The molecule has 1 fully saturated rings. The molecule has 0 atom stereocenters. The van der Waals surface area contributed by atoms with Crippen molar-refractivity contribution in [3.05, 3.63) is 29.8 Å². The molecule has 2 rings (SSSR count). The molecular weight excluding hydrogens is 238 g/mol. The first-order chi connectivity index (χ1) is 9.15. The van der Waals surface area contributed by atoms with E-state index in [1.54, 1.807) is 0 Å². The van der Waals surface area contributed by atoms with Gasteiger partial charge in [-0.15, -0.1) is 0 Å². The van der Waals surface area contributed by atoms with Gasteiger partial charge in [0.15, 0.2) is 0 Å². The molecule has 1 N–H and O–H groups in total. The fourth-order valence-electron chi connectivity index (χ4n) is 2.36. The molecule has 1 aliphatic rings. The number of para-hydroxylation sites is 1. The van der Waals surface area contributed by atoms with Crippen molar-refractivity contribution in [1.29, 1.82) is 0 Å². The van der Waals surface area contributed by atoms with E-state index in [0.717, 1.165) is 43.9 Å². The maximum absolute atomic E-state index is 12.1. The Bertz CT molecular complexity index is 433. The highest BCUT2D eigenvalue weighted by molar-refractivity contribution is 5.92. The molecule has 1 aromatic rings. The van der Waals surface area contributed by atoms with Crippen LogP contribution in [0.15, 0.2) is 24.3 Å². The quantitative estimate of drug-likeness (QED) is 0.897. The summed E-state index contributed by atoms with van der Waals surface area (Å²) in [5, 5.41) is 2.99. The lowest BCUT2D eigenvalue weighted by Gasteiger charge is -2.19. The zero-order valence-corrected chi connectivity index (χ0v) is 11.9. The van der Waals surface area contributed by atoms with Crippen LogP contribution in [0.2, 0.25) is 0 Å². The Morgan fingerprint density at radius 2 is 2.00 bits per heavy atom. The van der Waals surface area contributed by atoms with Crippen LogP contribution in [0.3, 0.4) is 0 Å². The number of hydrogen-bond acceptors (Lipinski definition) is 3. The molecule has 0 unspecified atom stereocenters. The van der Waals surface area contributed by atoms with Gasteiger partial charge in [-0.05, 0) is 45.1 Å². The molecule has 104 valence electrons. The summed E-state index contributed by atoms with van der Waals surface area (Å²) in [6, 6.07) is 7.89. The van der Waals surface area contributed by atoms with E-state index < -0.39 is 0 Å². The highest BCUT2D eigenvalue weighted by atomic mass is 16.2. The SMILES string of the molecule is Cc1ccccc1NC(=O)CN1CCCN(C)CC1. The van der Waals surface area contributed by atoms with E-state index in [9.17, 15) is 4.79 Å². The molecule has 1 aliphatic heterocycles. The lowest BCUT2D eigenvalue weighted by atomic mass is 10.2. The Labute approximate surface area is 115 Å². The average molecular weight is 261 g/mol. The predicted molar refractivity (Wildman–Crippen MR) is 78.4 cm³/mol. The molecule has 1 amide bonds. The van der Waals surface area contributed by atoms with Crippen LogP contribution in [0.5, 0.6) is 0 Å². The van der Waals surface area contributed by atoms with Crippen molar-refractivity contribution >= 4 is 11.6 Å². The van der Waals surface area contributed by atoms with Crippen LogP contribution in [0, 0.1) is 6.92 Å². The lowest BCUT2D eigenvalue weighted by Crippen LogP contribution is -2.36. The monoisotopic (exact) mass is 261 g/mol. The van der Waals surface area contributed by atoms with E-state index in [0.29, 0.717) is 6.54 Å². The van der Waals surface area contributed by atoms with Gasteiger partial charge in [0, 0.05) is 18.8 Å². The molecule has 4 heteroatoms. The molecule has 0 aromatic heterocycles. The number of anilines is 1. The normalized spacial score (nSPS) is 18.0. The summed E-state index contributed by atoms with van der Waals surface area (Å²) in [5.41, 5.74) is 2.02. The lowest BCUT2D eigenvalue weighted by molar-refractivity contribution is -0.117. The number of carbonyl (C=O) groups excluding carboxylic acids is 1. The van der Waals surface area contributed by atoms with Crippen molar-refractivity contribution in [2.24, 2.45) is 0 Å². The fraction of sp³-hybridized carbons (Fsp3) is 0.533. The van der Waals surface area contributed by atoms with Crippen molar-refractivity contribution in [2.45, 2.75) is 13.3 Å². The van der Waals surface area contributed by atoms with E-state index in [1.165, 1.54) is 0 Å². The zero-order valence-electron chi connectivity index (χ0n) is 11.9. The first-order valence-electron chi connectivity index (χ1n) is 6.91. The van der Waals surface area contributed by atoms with Crippen LogP contribution in [-0.4, -0.2) is 55.5 Å². The van der Waals surface area contributed by atoms with E-state index in [2.05, 4.69) is 22.2 Å². The summed E-state index contributed by atoms with van der Waals surface area (Å²) in [4.78, 5) is 16.6. The van der Waals surface area contributed by atoms with E-state index in [1.807, 2.05) is 31.2 Å². The van der Waals surface area contributed by atoms with E-state index >= 15 is 0 Å². The van der Waals surface area contributed by atoms with Crippen LogP contribution >= 0.6 is 0 Å². The number of nitrogens with zero attached hydrogens (tertiary/aromatic N) is 2. The standard InChI is InChI=1S/C15H23N3O/c1-13-6-3-4-7-14(13)16-15(19)12-18-9-5-8-17(2)10-11-18/h3-4,6-7H,5,8-12H2,1-2H3,(H,16,19). The van der Waals surface area contributed by atoms with E-state index in [-0.39, 0.29) is 5.91 Å². The summed E-state index contributed by atoms with van der Waals surface area (Å²) in [6.45, 7) is 6.63. The van der Waals surface area contributed by atoms with Crippen LogP contribution in [0.1, 0.15) is 12.0 Å². The summed E-state index contributed by atoms with van der Waals surface area (Å²) >= 11 is 0. The second-order valence-electron chi connectivity index (χ2n) is 5.30. The van der Waals surface area contributed by atoms with Crippen LogP contribution in [0.25, 0.3) is 0 Å². The second-order valence-corrected chi connectivity index (χ2v) is 5.30. The molecule has 1 aromatic carbocycles. The van der Waals surface area contributed by atoms with Crippen molar-refractivity contribution in [2.75, 3.05) is 45.1 Å². The number of likely N-dealkylation sites (N-methyl/N-ethyl adjacent to an activating group) is 1. The molecule has 19 heavy (non-hydrogen) atoms. The maximum atomic E-state index is 12.1. The minimum atomic E-state index is 0.0823. The van der Waals surface area contributed by atoms with Gasteiger partial charge >= 0.3 is 0 Å². The number of rotatable bonds is 3. The number of amides is 1. The Morgan fingerprint density at radius 1 is 1.21 bits per heavy atom.